The number of amides is 1. The first-order valence-corrected chi connectivity index (χ1v) is 9.28. The first-order valence-electron chi connectivity index (χ1n) is 9.28. The molecule has 0 aliphatic carbocycles. The molecule has 3 nitrogen and oxygen atoms in total. The van der Waals surface area contributed by atoms with Gasteiger partial charge in [-0.1, -0.05) is 42.5 Å². The molecule has 1 amide bonds. The van der Waals surface area contributed by atoms with Gasteiger partial charge in [0, 0.05) is 19.1 Å². The lowest BCUT2D eigenvalue weighted by Gasteiger charge is -2.35. The third-order valence-electron chi connectivity index (χ3n) is 5.73. The summed E-state index contributed by atoms with van der Waals surface area (Å²) in [5.41, 5.74) is 1.12. The van der Waals surface area contributed by atoms with Crippen LogP contribution in [0.4, 0.5) is 0 Å². The van der Waals surface area contributed by atoms with Crippen molar-refractivity contribution in [3.8, 4) is 0 Å². The van der Waals surface area contributed by atoms with E-state index in [1.54, 1.807) is 0 Å². The fourth-order valence-electron chi connectivity index (χ4n) is 4.30. The average Bonchev–Trinajstić information content (AvgIpc) is 3.16. The van der Waals surface area contributed by atoms with Crippen LogP contribution in [-0.2, 0) is 11.2 Å². The van der Waals surface area contributed by atoms with Crippen LogP contribution >= 0.6 is 0 Å². The van der Waals surface area contributed by atoms with Gasteiger partial charge in [0.1, 0.15) is 0 Å². The summed E-state index contributed by atoms with van der Waals surface area (Å²) in [6, 6.07) is 15.4. The van der Waals surface area contributed by atoms with Gasteiger partial charge >= 0.3 is 0 Å². The second kappa shape index (κ2) is 6.94. The van der Waals surface area contributed by atoms with Crippen molar-refractivity contribution in [1.82, 2.24) is 10.2 Å². The molecule has 0 saturated carbocycles. The minimum Gasteiger partial charge on any atom is -0.342 e. The van der Waals surface area contributed by atoms with E-state index in [0.717, 1.165) is 37.4 Å². The van der Waals surface area contributed by atoms with Gasteiger partial charge in [-0.25, -0.2) is 0 Å². The van der Waals surface area contributed by atoms with Gasteiger partial charge in [-0.3, -0.25) is 4.79 Å². The first kappa shape index (κ1) is 15.6. The Bertz CT molecular complexity index is 713. The Hall–Kier alpha value is -1.87. The van der Waals surface area contributed by atoms with Gasteiger partial charge in [-0.05, 0) is 54.5 Å². The van der Waals surface area contributed by atoms with Crippen LogP contribution in [0.15, 0.2) is 42.5 Å². The van der Waals surface area contributed by atoms with Crippen molar-refractivity contribution in [1.29, 1.82) is 0 Å². The molecule has 3 heteroatoms. The summed E-state index contributed by atoms with van der Waals surface area (Å²) in [5, 5.41) is 6.08. The van der Waals surface area contributed by atoms with Gasteiger partial charge in [0.2, 0.25) is 5.91 Å². The predicted octanol–water partition coefficient (Wildman–Crippen LogP) is 3.37. The quantitative estimate of drug-likeness (QED) is 0.939. The maximum Gasteiger partial charge on any atom is 0.226 e. The summed E-state index contributed by atoms with van der Waals surface area (Å²) in [4.78, 5) is 14.7. The van der Waals surface area contributed by atoms with Gasteiger partial charge in [0.25, 0.3) is 0 Å². The molecule has 2 fully saturated rings. The average molecular weight is 322 g/mol. The summed E-state index contributed by atoms with van der Waals surface area (Å²) in [5.74, 6) is 1.04. The first-order chi connectivity index (χ1) is 11.8. The van der Waals surface area contributed by atoms with E-state index in [4.69, 9.17) is 0 Å². The molecule has 4 rings (SSSR count). The second-order valence-electron chi connectivity index (χ2n) is 7.28. The third kappa shape index (κ3) is 3.32. The normalized spacial score (nSPS) is 22.2. The largest absolute Gasteiger partial charge is 0.342 e. The van der Waals surface area contributed by atoms with Crippen molar-refractivity contribution in [2.75, 3.05) is 19.6 Å². The number of likely N-dealkylation sites (tertiary alicyclic amines) is 1. The van der Waals surface area contributed by atoms with Crippen LogP contribution in [0.1, 0.15) is 31.2 Å². The van der Waals surface area contributed by atoms with Crippen LogP contribution in [0.25, 0.3) is 10.8 Å². The molecule has 24 heavy (non-hydrogen) atoms. The monoisotopic (exact) mass is 322 g/mol. The fourth-order valence-corrected chi connectivity index (χ4v) is 4.30. The van der Waals surface area contributed by atoms with E-state index in [0.29, 0.717) is 12.5 Å². The molecule has 0 spiro atoms. The van der Waals surface area contributed by atoms with E-state index in [2.05, 4.69) is 52.7 Å². The molecular weight excluding hydrogens is 296 g/mol. The van der Waals surface area contributed by atoms with Crippen LogP contribution < -0.4 is 5.32 Å². The lowest BCUT2D eigenvalue weighted by Crippen LogP contribution is -2.43. The number of carbonyl (C=O) groups excluding carboxylic acids is 1. The number of piperidine rings is 1. The van der Waals surface area contributed by atoms with Gasteiger partial charge < -0.3 is 10.2 Å². The maximum atomic E-state index is 12.6. The van der Waals surface area contributed by atoms with E-state index in [1.165, 1.54) is 30.2 Å². The van der Waals surface area contributed by atoms with Crippen molar-refractivity contribution in [3.63, 3.8) is 0 Å². The Morgan fingerprint density at radius 1 is 1.04 bits per heavy atom. The summed E-state index contributed by atoms with van der Waals surface area (Å²) in [7, 11) is 0. The zero-order valence-corrected chi connectivity index (χ0v) is 14.2. The molecule has 1 N–H and O–H groups in total. The Morgan fingerprint density at radius 2 is 1.83 bits per heavy atom. The standard InChI is InChI=1S/C21H26N2O/c24-21(15-16-7-8-17-4-1-2-5-19(17)14-16)23-12-9-18(10-13-23)20-6-3-11-22-20/h1-2,4-5,7-8,14,18,20,22H,3,6,9-13,15H2. The van der Waals surface area contributed by atoms with Crippen LogP contribution in [0.2, 0.25) is 0 Å². The highest BCUT2D eigenvalue weighted by Crippen LogP contribution is 2.26. The lowest BCUT2D eigenvalue weighted by molar-refractivity contribution is -0.132. The van der Waals surface area contributed by atoms with E-state index < -0.39 is 0 Å². The van der Waals surface area contributed by atoms with E-state index in [9.17, 15) is 4.79 Å². The van der Waals surface area contributed by atoms with Gasteiger partial charge in [-0.2, -0.15) is 0 Å². The van der Waals surface area contributed by atoms with Crippen molar-refractivity contribution in [3.05, 3.63) is 48.0 Å². The molecule has 126 valence electrons. The molecule has 2 aromatic rings. The Balaban J connectivity index is 1.35. The summed E-state index contributed by atoms with van der Waals surface area (Å²) in [6.07, 6.45) is 5.46. The SMILES string of the molecule is O=C(Cc1ccc2ccccc2c1)N1CCC(C2CCCN2)CC1. The predicted molar refractivity (Wildman–Crippen MR) is 98.0 cm³/mol. The van der Waals surface area contributed by atoms with Gasteiger partial charge in [0.15, 0.2) is 0 Å². The molecule has 2 saturated heterocycles. The Morgan fingerprint density at radius 3 is 2.58 bits per heavy atom. The third-order valence-corrected chi connectivity index (χ3v) is 5.73. The van der Waals surface area contributed by atoms with Crippen molar-refractivity contribution in [2.45, 2.75) is 38.1 Å². The smallest absolute Gasteiger partial charge is 0.226 e. The van der Waals surface area contributed by atoms with E-state index in [-0.39, 0.29) is 5.91 Å². The van der Waals surface area contributed by atoms with Gasteiger partial charge in [-0.15, -0.1) is 0 Å². The summed E-state index contributed by atoms with van der Waals surface area (Å²) < 4.78 is 0. The highest BCUT2D eigenvalue weighted by Gasteiger charge is 2.29. The maximum absolute atomic E-state index is 12.6. The highest BCUT2D eigenvalue weighted by molar-refractivity contribution is 5.85. The minimum absolute atomic E-state index is 0.281. The molecule has 2 heterocycles. The molecule has 2 aromatic carbocycles. The van der Waals surface area contributed by atoms with E-state index >= 15 is 0 Å². The van der Waals surface area contributed by atoms with Crippen LogP contribution in [-0.4, -0.2) is 36.5 Å². The molecule has 2 aliphatic rings. The molecule has 0 aromatic heterocycles. The number of hydrogen-bond acceptors (Lipinski definition) is 2. The highest BCUT2D eigenvalue weighted by atomic mass is 16.2. The number of fused-ring (bicyclic) bond motifs is 1. The number of benzene rings is 2. The number of nitrogens with zero attached hydrogens (tertiary/aromatic N) is 1. The van der Waals surface area contributed by atoms with Crippen LogP contribution in [0, 0.1) is 5.92 Å². The molecule has 1 atom stereocenters. The lowest BCUT2D eigenvalue weighted by atomic mass is 9.88. The molecule has 0 bridgehead atoms. The number of nitrogens with one attached hydrogen (secondary N) is 1. The molecule has 1 unspecified atom stereocenters. The Kier molecular flexibility index (Phi) is 4.52. The number of carbonyl (C=O) groups is 1. The van der Waals surface area contributed by atoms with Crippen LogP contribution in [0.3, 0.4) is 0 Å². The summed E-state index contributed by atoms with van der Waals surface area (Å²) >= 11 is 0. The molecule has 0 radical (unpaired) electrons. The topological polar surface area (TPSA) is 32.3 Å². The number of hydrogen-bond donors (Lipinski definition) is 1. The molecular formula is C21H26N2O. The van der Waals surface area contributed by atoms with Crippen molar-refractivity contribution >= 4 is 16.7 Å². The second-order valence-corrected chi connectivity index (χ2v) is 7.28. The minimum atomic E-state index is 0.281. The van der Waals surface area contributed by atoms with Gasteiger partial charge in [0.05, 0.1) is 6.42 Å². The zero-order chi connectivity index (χ0) is 16.4. The van der Waals surface area contributed by atoms with E-state index in [1.807, 2.05) is 0 Å². The van der Waals surface area contributed by atoms with Crippen molar-refractivity contribution in [2.24, 2.45) is 5.92 Å². The zero-order valence-electron chi connectivity index (χ0n) is 14.2. The van der Waals surface area contributed by atoms with Crippen LogP contribution in [0.5, 0.6) is 0 Å². The molecule has 2 aliphatic heterocycles. The summed E-state index contributed by atoms with van der Waals surface area (Å²) in [6.45, 7) is 3.02. The Labute approximate surface area is 144 Å². The number of rotatable bonds is 3. The van der Waals surface area contributed by atoms with Crippen molar-refractivity contribution < 1.29 is 4.79 Å². The fraction of sp³-hybridized carbons (Fsp3) is 0.476.